The highest BCUT2D eigenvalue weighted by Crippen LogP contribution is 2.18. The van der Waals surface area contributed by atoms with E-state index in [4.69, 9.17) is 9.26 Å². The van der Waals surface area contributed by atoms with E-state index in [1.54, 1.807) is 19.9 Å². The molecule has 0 aliphatic carbocycles. The first-order valence-electron chi connectivity index (χ1n) is 7.32. The van der Waals surface area contributed by atoms with Crippen molar-refractivity contribution in [3.05, 3.63) is 36.1 Å². The molecule has 0 aliphatic rings. The van der Waals surface area contributed by atoms with Crippen molar-refractivity contribution in [2.45, 2.75) is 33.2 Å². The number of hydrogen-bond acceptors (Lipinski definition) is 5. The van der Waals surface area contributed by atoms with Gasteiger partial charge in [-0.1, -0.05) is 18.1 Å². The molecule has 0 saturated carbocycles. The molecule has 22 heavy (non-hydrogen) atoms. The zero-order valence-electron chi connectivity index (χ0n) is 13.1. The Bertz CT molecular complexity index is 625. The van der Waals surface area contributed by atoms with E-state index in [1.807, 2.05) is 24.3 Å². The number of rotatable bonds is 7. The molecule has 2 N–H and O–H groups in total. The van der Waals surface area contributed by atoms with Crippen LogP contribution in [0.5, 0.6) is 5.75 Å². The fourth-order valence-corrected chi connectivity index (χ4v) is 1.87. The number of nitrogens with one attached hydrogen (secondary N) is 2. The predicted molar refractivity (Wildman–Crippen MR) is 85.2 cm³/mol. The van der Waals surface area contributed by atoms with E-state index < -0.39 is 6.04 Å². The molecule has 6 nitrogen and oxygen atoms in total. The van der Waals surface area contributed by atoms with E-state index in [0.29, 0.717) is 18.2 Å². The summed E-state index contributed by atoms with van der Waals surface area (Å²) in [6, 6.07) is 8.80. The van der Waals surface area contributed by atoms with Crippen LogP contribution in [-0.2, 0) is 4.79 Å². The maximum Gasteiger partial charge on any atom is 0.247 e. The second kappa shape index (κ2) is 7.49. The number of aromatic nitrogens is 1. The number of nitrogens with zero attached hydrogens (tertiary/aromatic N) is 1. The van der Waals surface area contributed by atoms with E-state index in [-0.39, 0.29) is 5.91 Å². The topological polar surface area (TPSA) is 76.4 Å². The molecular weight excluding hydrogens is 282 g/mol. The number of carbonyl (C=O) groups excluding carboxylic acids is 1. The Hall–Kier alpha value is -2.50. The first kappa shape index (κ1) is 15.9. The average molecular weight is 303 g/mol. The standard InChI is InChI=1S/C16H21N3O3/c1-4-8-21-14-7-5-6-13(10-14)17-12(3)16(20)18-15-9-11(2)22-19-15/h5-7,9-10,12,17H,4,8H2,1-3H3,(H,18,19,20)/t12-/m1/s1. The van der Waals surface area contributed by atoms with Crippen LogP contribution in [0, 0.1) is 6.92 Å². The summed E-state index contributed by atoms with van der Waals surface area (Å²) in [7, 11) is 0. The quantitative estimate of drug-likeness (QED) is 0.821. The molecule has 0 unspecified atom stereocenters. The van der Waals surface area contributed by atoms with Gasteiger partial charge in [-0.3, -0.25) is 4.79 Å². The lowest BCUT2D eigenvalue weighted by Crippen LogP contribution is -2.31. The van der Waals surface area contributed by atoms with E-state index >= 15 is 0 Å². The van der Waals surface area contributed by atoms with Crippen molar-refractivity contribution in [3.63, 3.8) is 0 Å². The Morgan fingerprint density at radius 1 is 1.41 bits per heavy atom. The summed E-state index contributed by atoms with van der Waals surface area (Å²) in [5, 5.41) is 9.57. The summed E-state index contributed by atoms with van der Waals surface area (Å²) >= 11 is 0. The van der Waals surface area contributed by atoms with Crippen molar-refractivity contribution in [2.24, 2.45) is 0 Å². The van der Waals surface area contributed by atoms with Gasteiger partial charge in [0.25, 0.3) is 0 Å². The molecule has 2 aromatic rings. The van der Waals surface area contributed by atoms with Crippen LogP contribution in [0.1, 0.15) is 26.0 Å². The Kier molecular flexibility index (Phi) is 5.41. The number of amides is 1. The molecule has 0 bridgehead atoms. The zero-order valence-corrected chi connectivity index (χ0v) is 13.1. The molecule has 2 rings (SSSR count). The summed E-state index contributed by atoms with van der Waals surface area (Å²) in [5.74, 6) is 1.66. The third-order valence-electron chi connectivity index (χ3n) is 2.96. The van der Waals surface area contributed by atoms with Crippen molar-refractivity contribution < 1.29 is 14.1 Å². The number of hydrogen-bond donors (Lipinski definition) is 2. The lowest BCUT2D eigenvalue weighted by molar-refractivity contribution is -0.116. The van der Waals surface area contributed by atoms with E-state index in [9.17, 15) is 4.79 Å². The molecule has 1 aromatic heterocycles. The highest BCUT2D eigenvalue weighted by Gasteiger charge is 2.14. The molecule has 0 radical (unpaired) electrons. The first-order valence-corrected chi connectivity index (χ1v) is 7.32. The average Bonchev–Trinajstić information content (AvgIpc) is 2.90. The highest BCUT2D eigenvalue weighted by molar-refractivity contribution is 5.95. The number of benzene rings is 1. The number of carbonyl (C=O) groups is 1. The summed E-state index contributed by atoms with van der Waals surface area (Å²) < 4.78 is 10.5. The minimum Gasteiger partial charge on any atom is -0.494 e. The van der Waals surface area contributed by atoms with Gasteiger partial charge in [0.2, 0.25) is 5.91 Å². The highest BCUT2D eigenvalue weighted by atomic mass is 16.5. The molecule has 0 aliphatic heterocycles. The Morgan fingerprint density at radius 2 is 2.23 bits per heavy atom. The van der Waals surface area contributed by atoms with Gasteiger partial charge in [-0.25, -0.2) is 0 Å². The lowest BCUT2D eigenvalue weighted by Gasteiger charge is -2.15. The van der Waals surface area contributed by atoms with E-state index in [1.165, 1.54) is 0 Å². The molecular formula is C16H21N3O3. The van der Waals surface area contributed by atoms with Crippen LogP contribution >= 0.6 is 0 Å². The van der Waals surface area contributed by atoms with Gasteiger partial charge < -0.3 is 19.9 Å². The van der Waals surface area contributed by atoms with Gasteiger partial charge in [0, 0.05) is 17.8 Å². The SMILES string of the molecule is CCCOc1cccc(N[C@H](C)C(=O)Nc2cc(C)on2)c1. The maximum atomic E-state index is 12.1. The molecule has 118 valence electrons. The van der Waals surface area contributed by atoms with Gasteiger partial charge in [-0.05, 0) is 32.4 Å². The smallest absolute Gasteiger partial charge is 0.247 e. The summed E-state index contributed by atoms with van der Waals surface area (Å²) in [4.78, 5) is 12.1. The van der Waals surface area contributed by atoms with Gasteiger partial charge in [-0.15, -0.1) is 0 Å². The fraction of sp³-hybridized carbons (Fsp3) is 0.375. The lowest BCUT2D eigenvalue weighted by atomic mass is 10.2. The molecule has 1 heterocycles. The molecule has 6 heteroatoms. The monoisotopic (exact) mass is 303 g/mol. The van der Waals surface area contributed by atoms with Crippen LogP contribution in [0.4, 0.5) is 11.5 Å². The van der Waals surface area contributed by atoms with E-state index in [2.05, 4.69) is 22.7 Å². The number of ether oxygens (including phenoxy) is 1. The maximum absolute atomic E-state index is 12.1. The van der Waals surface area contributed by atoms with Crippen molar-refractivity contribution in [2.75, 3.05) is 17.2 Å². The minimum absolute atomic E-state index is 0.187. The summed E-state index contributed by atoms with van der Waals surface area (Å²) in [5.41, 5.74) is 0.826. The van der Waals surface area contributed by atoms with Crippen LogP contribution < -0.4 is 15.4 Å². The molecule has 0 fully saturated rings. The van der Waals surface area contributed by atoms with Crippen LogP contribution in [0.3, 0.4) is 0 Å². The minimum atomic E-state index is -0.418. The van der Waals surface area contributed by atoms with Gasteiger partial charge in [0.05, 0.1) is 6.61 Å². The van der Waals surface area contributed by atoms with Gasteiger partial charge in [0.15, 0.2) is 5.82 Å². The van der Waals surface area contributed by atoms with Crippen molar-refractivity contribution in [1.29, 1.82) is 0 Å². The fourth-order valence-electron chi connectivity index (χ4n) is 1.87. The van der Waals surface area contributed by atoms with Crippen molar-refractivity contribution >= 4 is 17.4 Å². The molecule has 1 amide bonds. The van der Waals surface area contributed by atoms with Crippen molar-refractivity contribution in [3.8, 4) is 5.75 Å². The zero-order chi connectivity index (χ0) is 15.9. The van der Waals surface area contributed by atoms with Crippen LogP contribution in [0.2, 0.25) is 0 Å². The van der Waals surface area contributed by atoms with Gasteiger partial charge in [0.1, 0.15) is 17.6 Å². The van der Waals surface area contributed by atoms with Gasteiger partial charge >= 0.3 is 0 Å². The third-order valence-corrected chi connectivity index (χ3v) is 2.96. The van der Waals surface area contributed by atoms with Crippen LogP contribution in [0.25, 0.3) is 0 Å². The molecule has 0 saturated heterocycles. The molecule has 1 atom stereocenters. The Labute approximate surface area is 129 Å². The summed E-state index contributed by atoms with van der Waals surface area (Å²) in [6.45, 7) is 6.28. The second-order valence-electron chi connectivity index (χ2n) is 5.05. The Balaban J connectivity index is 1.93. The molecule has 1 aromatic carbocycles. The Morgan fingerprint density at radius 3 is 2.91 bits per heavy atom. The second-order valence-corrected chi connectivity index (χ2v) is 5.05. The van der Waals surface area contributed by atoms with Crippen LogP contribution in [-0.4, -0.2) is 23.7 Å². The number of aryl methyl sites for hydroxylation is 1. The largest absolute Gasteiger partial charge is 0.494 e. The predicted octanol–water partition coefficient (Wildman–Crippen LogP) is 3.21. The number of anilines is 2. The summed E-state index contributed by atoms with van der Waals surface area (Å²) in [6.07, 6.45) is 0.952. The molecule has 0 spiro atoms. The normalized spacial score (nSPS) is 11.8. The van der Waals surface area contributed by atoms with E-state index in [0.717, 1.165) is 17.9 Å². The first-order chi connectivity index (χ1) is 10.6. The van der Waals surface area contributed by atoms with Crippen LogP contribution in [0.15, 0.2) is 34.9 Å². The third kappa shape index (κ3) is 4.51. The van der Waals surface area contributed by atoms with Gasteiger partial charge in [-0.2, -0.15) is 0 Å². The van der Waals surface area contributed by atoms with Crippen molar-refractivity contribution in [1.82, 2.24) is 5.16 Å².